The van der Waals surface area contributed by atoms with Gasteiger partial charge in [0.1, 0.15) is 0 Å². The van der Waals surface area contributed by atoms with E-state index in [4.69, 9.17) is 16.0 Å². The van der Waals surface area contributed by atoms with Gasteiger partial charge in [0.05, 0.1) is 5.02 Å². The smallest absolute Gasteiger partial charge is 0.287 e. The normalized spacial score (nSPS) is 12.6. The lowest BCUT2D eigenvalue weighted by molar-refractivity contribution is 0.0924. The molecule has 0 saturated carbocycles. The number of rotatable bonds is 5. The number of carbonyl (C=O) groups is 1. The van der Waals surface area contributed by atoms with Crippen molar-refractivity contribution in [3.8, 4) is 0 Å². The number of fused-ring (bicyclic) bond motifs is 1. The average molecular weight is 295 g/mol. The lowest BCUT2D eigenvalue weighted by atomic mass is 10.1. The molecule has 108 valence electrons. The predicted molar refractivity (Wildman–Crippen MR) is 81.4 cm³/mol. The van der Waals surface area contributed by atoms with Crippen LogP contribution in [0.2, 0.25) is 5.02 Å². The highest BCUT2D eigenvalue weighted by Crippen LogP contribution is 2.30. The molecule has 1 heterocycles. The number of halogens is 1. The van der Waals surface area contributed by atoms with Gasteiger partial charge in [0, 0.05) is 23.5 Å². The van der Waals surface area contributed by atoms with E-state index in [1.54, 1.807) is 6.07 Å². The summed E-state index contributed by atoms with van der Waals surface area (Å²) in [5, 5.41) is 7.50. The minimum absolute atomic E-state index is 0.209. The van der Waals surface area contributed by atoms with E-state index in [-0.39, 0.29) is 11.9 Å². The zero-order valence-corrected chi connectivity index (χ0v) is 12.7. The topological polar surface area (TPSA) is 54.3 Å². The number of nitrogens with one attached hydrogen (secondary N) is 2. The molecule has 0 spiro atoms. The fourth-order valence-corrected chi connectivity index (χ4v) is 2.39. The molecule has 0 unspecified atom stereocenters. The Morgan fingerprint density at radius 1 is 1.45 bits per heavy atom. The van der Waals surface area contributed by atoms with Crippen LogP contribution in [0.3, 0.4) is 0 Å². The van der Waals surface area contributed by atoms with E-state index in [1.165, 1.54) is 0 Å². The zero-order valence-electron chi connectivity index (χ0n) is 11.9. The highest BCUT2D eigenvalue weighted by molar-refractivity contribution is 6.35. The SMILES string of the molecule is CCN[C@H](C)CNC(=O)c1oc2c(Cl)cccc2c1C. The molecule has 0 saturated heterocycles. The summed E-state index contributed by atoms with van der Waals surface area (Å²) in [4.78, 5) is 12.2. The molecule has 0 aliphatic heterocycles. The molecule has 2 aromatic rings. The molecule has 1 atom stereocenters. The minimum atomic E-state index is -0.209. The van der Waals surface area contributed by atoms with Gasteiger partial charge in [-0.15, -0.1) is 0 Å². The quantitative estimate of drug-likeness (QED) is 0.891. The molecular formula is C15H19ClN2O2. The lowest BCUT2D eigenvalue weighted by Crippen LogP contribution is -2.38. The number of hydrogen-bond donors (Lipinski definition) is 2. The largest absolute Gasteiger partial charge is 0.449 e. The number of carbonyl (C=O) groups excluding carboxylic acids is 1. The maximum Gasteiger partial charge on any atom is 0.287 e. The number of para-hydroxylation sites is 1. The summed E-state index contributed by atoms with van der Waals surface area (Å²) in [6.45, 7) is 7.34. The first kappa shape index (κ1) is 14.9. The molecule has 4 nitrogen and oxygen atoms in total. The number of hydrogen-bond acceptors (Lipinski definition) is 3. The van der Waals surface area contributed by atoms with E-state index in [2.05, 4.69) is 10.6 Å². The number of likely N-dealkylation sites (N-methyl/N-ethyl adjacent to an activating group) is 1. The first-order valence-corrected chi connectivity index (χ1v) is 7.11. The van der Waals surface area contributed by atoms with Crippen LogP contribution in [0.4, 0.5) is 0 Å². The van der Waals surface area contributed by atoms with Gasteiger partial charge in [0.15, 0.2) is 11.3 Å². The molecular weight excluding hydrogens is 276 g/mol. The van der Waals surface area contributed by atoms with Gasteiger partial charge in [0.2, 0.25) is 0 Å². The van der Waals surface area contributed by atoms with Crippen molar-refractivity contribution in [3.05, 3.63) is 34.5 Å². The number of benzene rings is 1. The third-order valence-electron chi connectivity index (χ3n) is 3.24. The molecule has 1 amide bonds. The summed E-state index contributed by atoms with van der Waals surface area (Å²) >= 11 is 6.08. The van der Waals surface area contributed by atoms with Crippen LogP contribution >= 0.6 is 11.6 Å². The van der Waals surface area contributed by atoms with Crippen LogP contribution in [0.1, 0.15) is 30.0 Å². The minimum Gasteiger partial charge on any atom is -0.449 e. The van der Waals surface area contributed by atoms with Crippen molar-refractivity contribution in [2.24, 2.45) is 0 Å². The van der Waals surface area contributed by atoms with Crippen LogP contribution in [0.5, 0.6) is 0 Å². The highest BCUT2D eigenvalue weighted by atomic mass is 35.5. The maximum absolute atomic E-state index is 12.2. The van der Waals surface area contributed by atoms with Gasteiger partial charge in [-0.25, -0.2) is 0 Å². The molecule has 5 heteroatoms. The second-order valence-electron chi connectivity index (χ2n) is 4.84. The van der Waals surface area contributed by atoms with E-state index in [1.807, 2.05) is 32.9 Å². The molecule has 0 aliphatic carbocycles. The van der Waals surface area contributed by atoms with Crippen LogP contribution < -0.4 is 10.6 Å². The Morgan fingerprint density at radius 2 is 2.20 bits per heavy atom. The standard InChI is InChI=1S/C15H19ClN2O2/c1-4-17-9(2)8-18-15(19)13-10(3)11-6-5-7-12(16)14(11)20-13/h5-7,9,17H,4,8H2,1-3H3,(H,18,19)/t9-/m1/s1. The Labute approximate surface area is 123 Å². The van der Waals surface area contributed by atoms with E-state index in [0.29, 0.717) is 22.9 Å². The zero-order chi connectivity index (χ0) is 14.7. The fourth-order valence-electron chi connectivity index (χ4n) is 2.17. The van der Waals surface area contributed by atoms with E-state index < -0.39 is 0 Å². The fraction of sp³-hybridized carbons (Fsp3) is 0.400. The average Bonchev–Trinajstić information content (AvgIpc) is 2.76. The van der Waals surface area contributed by atoms with Crippen LogP contribution in [0, 0.1) is 6.92 Å². The van der Waals surface area contributed by atoms with Crippen molar-refractivity contribution in [2.45, 2.75) is 26.8 Å². The van der Waals surface area contributed by atoms with Crippen LogP contribution in [0.25, 0.3) is 11.0 Å². The number of amides is 1. The van der Waals surface area contributed by atoms with Crippen molar-refractivity contribution < 1.29 is 9.21 Å². The van der Waals surface area contributed by atoms with Crippen LogP contribution in [0.15, 0.2) is 22.6 Å². The first-order chi connectivity index (χ1) is 9.54. The van der Waals surface area contributed by atoms with E-state index in [0.717, 1.165) is 17.5 Å². The first-order valence-electron chi connectivity index (χ1n) is 6.73. The molecule has 1 aromatic heterocycles. The number of furan rings is 1. The summed E-state index contributed by atoms with van der Waals surface area (Å²) in [5.41, 5.74) is 1.38. The molecule has 0 aliphatic rings. The van der Waals surface area contributed by atoms with Gasteiger partial charge in [-0.2, -0.15) is 0 Å². The Hall–Kier alpha value is -1.52. The van der Waals surface area contributed by atoms with Gasteiger partial charge in [-0.3, -0.25) is 4.79 Å². The summed E-state index contributed by atoms with van der Waals surface area (Å²) in [6.07, 6.45) is 0. The van der Waals surface area contributed by atoms with Crippen LogP contribution in [-0.2, 0) is 0 Å². The third kappa shape index (κ3) is 2.97. The summed E-state index contributed by atoms with van der Waals surface area (Å²) in [7, 11) is 0. The molecule has 2 N–H and O–H groups in total. The van der Waals surface area contributed by atoms with Gasteiger partial charge < -0.3 is 15.1 Å². The molecule has 0 bridgehead atoms. The molecule has 20 heavy (non-hydrogen) atoms. The maximum atomic E-state index is 12.2. The Kier molecular flexibility index (Phi) is 4.68. The molecule has 2 rings (SSSR count). The second-order valence-corrected chi connectivity index (χ2v) is 5.25. The van der Waals surface area contributed by atoms with Crippen molar-refractivity contribution in [1.29, 1.82) is 0 Å². The Balaban J connectivity index is 2.18. The predicted octanol–water partition coefficient (Wildman–Crippen LogP) is 3.12. The lowest BCUT2D eigenvalue weighted by Gasteiger charge is -2.12. The van der Waals surface area contributed by atoms with Gasteiger partial charge in [0.25, 0.3) is 5.91 Å². The monoisotopic (exact) mass is 294 g/mol. The van der Waals surface area contributed by atoms with Crippen LogP contribution in [-0.4, -0.2) is 25.0 Å². The van der Waals surface area contributed by atoms with Crippen molar-refractivity contribution in [1.82, 2.24) is 10.6 Å². The van der Waals surface area contributed by atoms with Crippen molar-refractivity contribution in [2.75, 3.05) is 13.1 Å². The molecule has 0 radical (unpaired) electrons. The highest BCUT2D eigenvalue weighted by Gasteiger charge is 2.19. The van der Waals surface area contributed by atoms with E-state index >= 15 is 0 Å². The van der Waals surface area contributed by atoms with Gasteiger partial charge in [-0.1, -0.05) is 30.7 Å². The summed E-state index contributed by atoms with van der Waals surface area (Å²) in [5.74, 6) is 0.122. The van der Waals surface area contributed by atoms with Crippen molar-refractivity contribution >= 4 is 28.5 Å². The summed E-state index contributed by atoms with van der Waals surface area (Å²) < 4.78 is 5.62. The van der Waals surface area contributed by atoms with E-state index in [9.17, 15) is 4.79 Å². The van der Waals surface area contributed by atoms with Gasteiger partial charge in [-0.05, 0) is 26.5 Å². The molecule has 1 aromatic carbocycles. The Morgan fingerprint density at radius 3 is 2.85 bits per heavy atom. The second kappa shape index (κ2) is 6.29. The number of aryl methyl sites for hydroxylation is 1. The van der Waals surface area contributed by atoms with Crippen molar-refractivity contribution in [3.63, 3.8) is 0 Å². The Bertz CT molecular complexity index is 622. The van der Waals surface area contributed by atoms with Gasteiger partial charge >= 0.3 is 0 Å². The third-order valence-corrected chi connectivity index (χ3v) is 3.54. The molecule has 0 fully saturated rings. The summed E-state index contributed by atoms with van der Waals surface area (Å²) in [6, 6.07) is 5.72.